The minimum absolute atomic E-state index is 0.651. The van der Waals surface area contributed by atoms with Crippen molar-refractivity contribution in [2.45, 2.75) is 26.8 Å². The van der Waals surface area contributed by atoms with Crippen LogP contribution >= 0.6 is 11.3 Å². The zero-order chi connectivity index (χ0) is 13.0. The summed E-state index contributed by atoms with van der Waals surface area (Å²) in [5, 5.41) is 6.37. The molecule has 7 heteroatoms. The van der Waals surface area contributed by atoms with Gasteiger partial charge in [-0.3, -0.25) is 0 Å². The molecule has 6 nitrogen and oxygen atoms in total. The quantitative estimate of drug-likeness (QED) is 0.562. The third kappa shape index (κ3) is 2.74. The fourth-order valence-electron chi connectivity index (χ4n) is 1.69. The van der Waals surface area contributed by atoms with E-state index in [-0.39, 0.29) is 0 Å². The summed E-state index contributed by atoms with van der Waals surface area (Å²) in [4.78, 5) is 12.7. The first-order chi connectivity index (χ1) is 8.74. The van der Waals surface area contributed by atoms with Gasteiger partial charge in [-0.15, -0.1) is 11.3 Å². The number of rotatable bonds is 5. The van der Waals surface area contributed by atoms with Crippen LogP contribution in [0.4, 0.5) is 11.6 Å². The van der Waals surface area contributed by atoms with E-state index in [0.717, 1.165) is 28.5 Å². The van der Waals surface area contributed by atoms with E-state index in [9.17, 15) is 0 Å². The molecule has 0 fully saturated rings. The van der Waals surface area contributed by atoms with Crippen LogP contribution < -0.4 is 16.6 Å². The van der Waals surface area contributed by atoms with E-state index >= 15 is 0 Å². The molecule has 2 rings (SSSR count). The normalized spacial score (nSPS) is 10.4. The monoisotopic (exact) mass is 264 g/mol. The second-order valence-electron chi connectivity index (χ2n) is 3.76. The Balaban J connectivity index is 2.13. The largest absolute Gasteiger partial charge is 0.364 e. The molecule has 0 atom stereocenters. The number of aryl methyl sites for hydroxylation is 1. The van der Waals surface area contributed by atoms with Gasteiger partial charge < -0.3 is 10.7 Å². The Bertz CT molecular complexity index is 524. The molecule has 2 heterocycles. The molecule has 18 heavy (non-hydrogen) atoms. The molecule has 0 unspecified atom stereocenters. The minimum atomic E-state index is 0.651. The Morgan fingerprint density at radius 2 is 2.11 bits per heavy atom. The molecule has 0 aliphatic heterocycles. The Morgan fingerprint density at radius 3 is 2.72 bits per heavy atom. The zero-order valence-corrected chi connectivity index (χ0v) is 11.2. The lowest BCUT2D eigenvalue weighted by atomic mass is 10.2. The van der Waals surface area contributed by atoms with Crippen LogP contribution in [0.15, 0.2) is 11.7 Å². The summed E-state index contributed by atoms with van der Waals surface area (Å²) in [5.74, 6) is 6.88. The molecule has 0 radical (unpaired) electrons. The lowest BCUT2D eigenvalue weighted by molar-refractivity contribution is 0.986. The third-order valence-electron chi connectivity index (χ3n) is 2.54. The van der Waals surface area contributed by atoms with E-state index in [1.807, 2.05) is 19.2 Å². The lowest BCUT2D eigenvalue weighted by Gasteiger charge is -2.11. The number of thiazole rings is 1. The van der Waals surface area contributed by atoms with Gasteiger partial charge in [0.05, 0.1) is 17.2 Å². The average molecular weight is 264 g/mol. The fourth-order valence-corrected chi connectivity index (χ4v) is 2.30. The summed E-state index contributed by atoms with van der Waals surface area (Å²) in [5.41, 5.74) is 4.58. The number of nitrogens with two attached hydrogens (primary N) is 1. The molecule has 2 aromatic rings. The Hall–Kier alpha value is -1.73. The van der Waals surface area contributed by atoms with Gasteiger partial charge in [-0.1, -0.05) is 6.92 Å². The number of hydrazine groups is 1. The molecule has 0 aliphatic rings. The van der Waals surface area contributed by atoms with Crippen LogP contribution in [0.1, 0.15) is 23.2 Å². The number of hydrogen-bond donors (Lipinski definition) is 3. The zero-order valence-electron chi connectivity index (χ0n) is 10.4. The molecule has 0 aromatic carbocycles. The summed E-state index contributed by atoms with van der Waals surface area (Å²) in [7, 11) is 0. The van der Waals surface area contributed by atoms with Crippen LogP contribution in [0.3, 0.4) is 0 Å². The van der Waals surface area contributed by atoms with Crippen molar-refractivity contribution >= 4 is 23.0 Å². The molecule has 0 amide bonds. The van der Waals surface area contributed by atoms with E-state index in [0.29, 0.717) is 12.4 Å². The third-order valence-corrected chi connectivity index (χ3v) is 3.36. The predicted molar refractivity (Wildman–Crippen MR) is 73.4 cm³/mol. The molecular formula is C11H16N6S. The van der Waals surface area contributed by atoms with Gasteiger partial charge in [0.15, 0.2) is 0 Å². The van der Waals surface area contributed by atoms with Crippen molar-refractivity contribution in [1.29, 1.82) is 0 Å². The van der Waals surface area contributed by atoms with Crippen molar-refractivity contribution in [3.8, 4) is 0 Å². The molecule has 0 aliphatic carbocycles. The van der Waals surface area contributed by atoms with Crippen LogP contribution in [0.2, 0.25) is 0 Å². The second kappa shape index (κ2) is 5.74. The number of nitrogens with zero attached hydrogens (tertiary/aromatic N) is 3. The van der Waals surface area contributed by atoms with Crippen molar-refractivity contribution in [3.05, 3.63) is 28.0 Å². The number of aromatic nitrogens is 3. The van der Waals surface area contributed by atoms with E-state index < -0.39 is 0 Å². The summed E-state index contributed by atoms with van der Waals surface area (Å²) in [6.45, 7) is 4.68. The van der Waals surface area contributed by atoms with Crippen LogP contribution in [-0.2, 0) is 13.0 Å². The first kappa shape index (κ1) is 12.7. The van der Waals surface area contributed by atoms with Crippen LogP contribution in [-0.4, -0.2) is 15.0 Å². The van der Waals surface area contributed by atoms with E-state index in [4.69, 9.17) is 5.84 Å². The standard InChI is InChI=1S/C11H16N6S/c1-3-9-10(14-6-15-11(9)17-12)13-4-8-5-18-7(2)16-8/h5-6H,3-4,12H2,1-2H3,(H2,13,14,15,17). The summed E-state index contributed by atoms with van der Waals surface area (Å²) in [6, 6.07) is 0. The first-order valence-corrected chi connectivity index (χ1v) is 6.58. The molecule has 0 bridgehead atoms. The van der Waals surface area contributed by atoms with Crippen LogP contribution in [0.25, 0.3) is 0 Å². The maximum absolute atomic E-state index is 5.43. The van der Waals surface area contributed by atoms with Gasteiger partial charge in [-0.2, -0.15) is 0 Å². The molecule has 4 N–H and O–H groups in total. The second-order valence-corrected chi connectivity index (χ2v) is 4.82. The average Bonchev–Trinajstić information content (AvgIpc) is 2.81. The Kier molecular flexibility index (Phi) is 4.06. The molecule has 0 spiro atoms. The van der Waals surface area contributed by atoms with Gasteiger partial charge in [0, 0.05) is 10.9 Å². The smallest absolute Gasteiger partial charge is 0.148 e. The Labute approximate surface area is 110 Å². The van der Waals surface area contributed by atoms with Crippen LogP contribution in [0, 0.1) is 6.92 Å². The molecule has 96 valence electrons. The van der Waals surface area contributed by atoms with E-state index in [1.54, 1.807) is 11.3 Å². The van der Waals surface area contributed by atoms with Crippen LogP contribution in [0.5, 0.6) is 0 Å². The van der Waals surface area contributed by atoms with Gasteiger partial charge in [-0.25, -0.2) is 20.8 Å². The highest BCUT2D eigenvalue weighted by Gasteiger charge is 2.09. The van der Waals surface area contributed by atoms with E-state index in [2.05, 4.69) is 25.7 Å². The van der Waals surface area contributed by atoms with Crippen molar-refractivity contribution in [1.82, 2.24) is 15.0 Å². The minimum Gasteiger partial charge on any atom is -0.364 e. The number of anilines is 2. The maximum Gasteiger partial charge on any atom is 0.148 e. The van der Waals surface area contributed by atoms with Gasteiger partial charge in [-0.05, 0) is 13.3 Å². The molecule has 0 saturated heterocycles. The van der Waals surface area contributed by atoms with Crippen molar-refractivity contribution < 1.29 is 0 Å². The topological polar surface area (TPSA) is 88.8 Å². The summed E-state index contributed by atoms with van der Waals surface area (Å²) in [6.07, 6.45) is 2.29. The lowest BCUT2D eigenvalue weighted by Crippen LogP contribution is -2.14. The predicted octanol–water partition coefficient (Wildman–Crippen LogP) is 1.70. The molecular weight excluding hydrogens is 248 g/mol. The van der Waals surface area contributed by atoms with Gasteiger partial charge >= 0.3 is 0 Å². The fraction of sp³-hybridized carbons (Fsp3) is 0.364. The van der Waals surface area contributed by atoms with Crippen molar-refractivity contribution in [2.24, 2.45) is 5.84 Å². The Morgan fingerprint density at radius 1 is 1.33 bits per heavy atom. The SMILES string of the molecule is CCc1c(NN)ncnc1NCc1csc(C)n1. The van der Waals surface area contributed by atoms with Gasteiger partial charge in [0.2, 0.25) is 0 Å². The van der Waals surface area contributed by atoms with Gasteiger partial charge in [0.1, 0.15) is 18.0 Å². The number of nitrogens with one attached hydrogen (secondary N) is 2. The highest BCUT2D eigenvalue weighted by Crippen LogP contribution is 2.20. The molecule has 0 saturated carbocycles. The molecule has 2 aromatic heterocycles. The van der Waals surface area contributed by atoms with Crippen molar-refractivity contribution in [3.63, 3.8) is 0 Å². The summed E-state index contributed by atoms with van der Waals surface area (Å²) >= 11 is 1.64. The number of nitrogen functional groups attached to an aromatic ring is 1. The maximum atomic E-state index is 5.43. The highest BCUT2D eigenvalue weighted by atomic mass is 32.1. The summed E-state index contributed by atoms with van der Waals surface area (Å²) < 4.78 is 0. The van der Waals surface area contributed by atoms with Crippen molar-refractivity contribution in [2.75, 3.05) is 10.7 Å². The highest BCUT2D eigenvalue weighted by molar-refractivity contribution is 7.09. The van der Waals surface area contributed by atoms with E-state index in [1.165, 1.54) is 6.33 Å². The first-order valence-electron chi connectivity index (χ1n) is 5.70. The number of hydrogen-bond acceptors (Lipinski definition) is 7. The van der Waals surface area contributed by atoms with Gasteiger partial charge in [0.25, 0.3) is 0 Å².